The van der Waals surface area contributed by atoms with Crippen LogP contribution in [-0.2, 0) is 12.7 Å². The number of halogens is 4. The predicted molar refractivity (Wildman–Crippen MR) is 140 cm³/mol. The van der Waals surface area contributed by atoms with Gasteiger partial charge >= 0.3 is 6.18 Å². The molecule has 1 aliphatic rings. The number of hydrogen-bond acceptors (Lipinski definition) is 4. The Bertz CT molecular complexity index is 1560. The topological polar surface area (TPSA) is 80.1 Å². The Labute approximate surface area is 224 Å². The average Bonchev–Trinajstić information content (AvgIpc) is 3.09. The highest BCUT2D eigenvalue weighted by Crippen LogP contribution is 2.33. The fraction of sp³-hybridized carbons (Fsp3) is 0.259. The third-order valence-electron chi connectivity index (χ3n) is 6.60. The molecule has 0 radical (unpaired) electrons. The smallest absolute Gasteiger partial charge is 0.339 e. The molecule has 2 amide bonds. The maximum absolute atomic E-state index is 13.5. The number of pyridine rings is 1. The molecule has 38 heavy (non-hydrogen) atoms. The van der Waals surface area contributed by atoms with Crippen molar-refractivity contribution in [1.29, 1.82) is 0 Å². The van der Waals surface area contributed by atoms with Gasteiger partial charge in [-0.05, 0) is 62.2 Å². The number of fused-ring (bicyclic) bond motifs is 1. The lowest BCUT2D eigenvalue weighted by Crippen LogP contribution is -2.41. The highest BCUT2D eigenvalue weighted by atomic mass is 79.9. The number of carbonyl (C=O) groups excluding carboxylic acids is 2. The molecule has 4 aromatic rings. The Morgan fingerprint density at radius 1 is 1.05 bits per heavy atom. The second-order valence-corrected chi connectivity index (χ2v) is 10.1. The molecule has 196 valence electrons. The summed E-state index contributed by atoms with van der Waals surface area (Å²) in [6.07, 6.45) is -3.68. The molecule has 0 bridgehead atoms. The van der Waals surface area contributed by atoms with E-state index in [1.54, 1.807) is 47.7 Å². The van der Waals surface area contributed by atoms with Crippen LogP contribution >= 0.6 is 15.9 Å². The zero-order valence-electron chi connectivity index (χ0n) is 20.6. The van der Waals surface area contributed by atoms with Crippen LogP contribution in [0.5, 0.6) is 0 Å². The van der Waals surface area contributed by atoms with Crippen molar-refractivity contribution in [3.8, 4) is 0 Å². The molecule has 0 saturated carbocycles. The van der Waals surface area contributed by atoms with Gasteiger partial charge in [-0.1, -0.05) is 28.1 Å². The molecular weight excluding hydrogens is 563 g/mol. The van der Waals surface area contributed by atoms with Crippen LogP contribution in [0.2, 0.25) is 0 Å². The summed E-state index contributed by atoms with van der Waals surface area (Å²) in [5.74, 6) is -0.677. The van der Waals surface area contributed by atoms with Crippen molar-refractivity contribution < 1.29 is 22.8 Å². The van der Waals surface area contributed by atoms with E-state index in [1.807, 2.05) is 12.1 Å². The number of hydrogen-bond donors (Lipinski definition) is 1. The van der Waals surface area contributed by atoms with E-state index in [-0.39, 0.29) is 17.0 Å². The van der Waals surface area contributed by atoms with Crippen LogP contribution < -0.4 is 5.32 Å². The summed E-state index contributed by atoms with van der Waals surface area (Å²) in [6.45, 7) is 5.45. The number of likely N-dealkylation sites (tertiary alicyclic amines) is 1. The quantitative estimate of drug-likeness (QED) is 0.312. The summed E-state index contributed by atoms with van der Waals surface area (Å²) in [5, 5.41) is 7.57. The summed E-state index contributed by atoms with van der Waals surface area (Å²) < 4.78 is 42.8. The number of anilines is 1. The minimum Gasteiger partial charge on any atom is -0.339 e. The standard InChI is InChI=1S/C27H23BrF3N5O2/c1-15-24(16(2)36(34-15)14-17-4-6-18(7-5-17)26(38)35-10-3-11-35)33-25(37)21-13-23(27(29,30)31)32-22-9-8-19(28)12-20(21)22/h4-9,12-13H,3,10-11,14H2,1-2H3,(H,33,37). The molecule has 0 spiro atoms. The van der Waals surface area contributed by atoms with Crippen molar-refractivity contribution in [2.24, 2.45) is 0 Å². The maximum Gasteiger partial charge on any atom is 0.433 e. The van der Waals surface area contributed by atoms with Crippen LogP contribution in [0.25, 0.3) is 10.9 Å². The fourth-order valence-corrected chi connectivity index (χ4v) is 4.73. The number of rotatable bonds is 5. The first-order valence-corrected chi connectivity index (χ1v) is 12.7. The Hall–Kier alpha value is -3.73. The highest BCUT2D eigenvalue weighted by molar-refractivity contribution is 9.10. The van der Waals surface area contributed by atoms with Crippen molar-refractivity contribution in [2.75, 3.05) is 18.4 Å². The van der Waals surface area contributed by atoms with Crippen LogP contribution in [0.1, 0.15) is 49.8 Å². The Morgan fingerprint density at radius 2 is 1.76 bits per heavy atom. The first-order chi connectivity index (χ1) is 18.0. The van der Waals surface area contributed by atoms with Crippen molar-refractivity contribution in [1.82, 2.24) is 19.7 Å². The molecule has 3 heterocycles. The number of aromatic nitrogens is 3. The van der Waals surface area contributed by atoms with Crippen LogP contribution in [0.4, 0.5) is 18.9 Å². The van der Waals surface area contributed by atoms with Crippen LogP contribution in [0, 0.1) is 13.8 Å². The van der Waals surface area contributed by atoms with E-state index >= 15 is 0 Å². The molecule has 1 aliphatic heterocycles. The summed E-state index contributed by atoms with van der Waals surface area (Å²) in [7, 11) is 0. The second kappa shape index (κ2) is 9.86. The lowest BCUT2D eigenvalue weighted by Gasteiger charge is -2.30. The Balaban J connectivity index is 1.40. The fourth-order valence-electron chi connectivity index (χ4n) is 4.37. The Morgan fingerprint density at radius 3 is 2.39 bits per heavy atom. The molecule has 2 aromatic heterocycles. The zero-order valence-corrected chi connectivity index (χ0v) is 22.2. The largest absolute Gasteiger partial charge is 0.433 e. The lowest BCUT2D eigenvalue weighted by molar-refractivity contribution is -0.140. The SMILES string of the molecule is Cc1nn(Cc2ccc(C(=O)N3CCC3)cc2)c(C)c1NC(=O)c1cc(C(F)(F)F)nc2ccc(Br)cc12. The highest BCUT2D eigenvalue weighted by Gasteiger charge is 2.34. The van der Waals surface area contributed by atoms with Crippen LogP contribution in [0.3, 0.4) is 0 Å². The van der Waals surface area contributed by atoms with Crippen molar-refractivity contribution in [2.45, 2.75) is 33.0 Å². The Kier molecular flexibility index (Phi) is 6.72. The monoisotopic (exact) mass is 585 g/mol. The van der Waals surface area contributed by atoms with E-state index in [0.717, 1.165) is 31.1 Å². The number of amides is 2. The van der Waals surface area contributed by atoms with Crippen molar-refractivity contribution in [3.63, 3.8) is 0 Å². The lowest BCUT2D eigenvalue weighted by atomic mass is 10.1. The van der Waals surface area contributed by atoms with Gasteiger partial charge in [0.2, 0.25) is 0 Å². The van der Waals surface area contributed by atoms with Gasteiger partial charge < -0.3 is 10.2 Å². The molecule has 1 saturated heterocycles. The van der Waals surface area contributed by atoms with Crippen LogP contribution in [0.15, 0.2) is 53.0 Å². The molecule has 0 unspecified atom stereocenters. The average molecular weight is 586 g/mol. The number of benzene rings is 2. The molecule has 2 aromatic carbocycles. The molecule has 1 N–H and O–H groups in total. The summed E-state index contributed by atoms with van der Waals surface area (Å²) in [5.41, 5.74) is 1.91. The predicted octanol–water partition coefficient (Wildman–Crippen LogP) is 5.98. The number of carbonyl (C=O) groups is 2. The van der Waals surface area contributed by atoms with Gasteiger partial charge in [-0.15, -0.1) is 0 Å². The normalized spacial score (nSPS) is 13.5. The summed E-state index contributed by atoms with van der Waals surface area (Å²) in [4.78, 5) is 31.2. The van der Waals surface area contributed by atoms with Crippen molar-refractivity contribution >= 4 is 44.3 Å². The molecule has 7 nitrogen and oxygen atoms in total. The van der Waals surface area contributed by atoms with E-state index in [9.17, 15) is 22.8 Å². The van der Waals surface area contributed by atoms with Gasteiger partial charge in [0.15, 0.2) is 0 Å². The van der Waals surface area contributed by atoms with E-state index in [4.69, 9.17) is 0 Å². The molecule has 5 rings (SSSR count). The van der Waals surface area contributed by atoms with Gasteiger partial charge in [0, 0.05) is 28.5 Å². The van der Waals surface area contributed by atoms with Gasteiger partial charge in [-0.25, -0.2) is 4.98 Å². The van der Waals surface area contributed by atoms with Crippen molar-refractivity contribution in [3.05, 3.63) is 86.8 Å². The molecule has 1 fully saturated rings. The van der Waals surface area contributed by atoms with E-state index < -0.39 is 17.8 Å². The van der Waals surface area contributed by atoms with Gasteiger partial charge in [-0.3, -0.25) is 14.3 Å². The molecule has 0 aliphatic carbocycles. The molecule has 11 heteroatoms. The number of nitrogens with one attached hydrogen (secondary N) is 1. The third-order valence-corrected chi connectivity index (χ3v) is 7.10. The molecule has 0 atom stereocenters. The van der Waals surface area contributed by atoms with E-state index in [2.05, 4.69) is 31.3 Å². The van der Waals surface area contributed by atoms with E-state index in [1.165, 1.54) is 6.07 Å². The third kappa shape index (κ3) is 5.02. The second-order valence-electron chi connectivity index (χ2n) is 9.21. The summed E-state index contributed by atoms with van der Waals surface area (Å²) in [6, 6.07) is 12.6. The van der Waals surface area contributed by atoms with Gasteiger partial charge in [0.1, 0.15) is 5.69 Å². The number of alkyl halides is 3. The van der Waals surface area contributed by atoms with E-state index in [0.29, 0.717) is 39.0 Å². The van der Waals surface area contributed by atoms with Gasteiger partial charge in [0.25, 0.3) is 11.8 Å². The summed E-state index contributed by atoms with van der Waals surface area (Å²) >= 11 is 3.31. The van der Waals surface area contributed by atoms with Crippen LogP contribution in [-0.4, -0.2) is 44.6 Å². The first-order valence-electron chi connectivity index (χ1n) is 11.9. The van der Waals surface area contributed by atoms with Gasteiger partial charge in [0.05, 0.1) is 34.7 Å². The van der Waals surface area contributed by atoms with Gasteiger partial charge in [-0.2, -0.15) is 18.3 Å². The number of aryl methyl sites for hydroxylation is 1. The molecular formula is C27H23BrF3N5O2. The minimum absolute atomic E-state index is 0.0169. The first kappa shape index (κ1) is 25.9. The zero-order chi connectivity index (χ0) is 27.2. The minimum atomic E-state index is -4.71. The number of nitrogens with zero attached hydrogens (tertiary/aromatic N) is 4. The maximum atomic E-state index is 13.5.